The van der Waals surface area contributed by atoms with Gasteiger partial charge in [0.1, 0.15) is 10.4 Å². The summed E-state index contributed by atoms with van der Waals surface area (Å²) in [5.74, 6) is -0.851. The number of thiophene rings is 1. The van der Waals surface area contributed by atoms with Gasteiger partial charge in [0, 0.05) is 15.9 Å². The van der Waals surface area contributed by atoms with Gasteiger partial charge in [-0.2, -0.15) is 0 Å². The van der Waals surface area contributed by atoms with Crippen LogP contribution in [0.15, 0.2) is 40.9 Å². The van der Waals surface area contributed by atoms with E-state index < -0.39 is 12.0 Å². The van der Waals surface area contributed by atoms with Gasteiger partial charge in [-0.3, -0.25) is 10.1 Å². The zero-order valence-electron chi connectivity index (χ0n) is 10.5. The van der Waals surface area contributed by atoms with Crippen molar-refractivity contribution in [2.45, 2.75) is 19.0 Å². The van der Waals surface area contributed by atoms with Crippen molar-refractivity contribution >= 4 is 44.8 Å². The molecule has 1 atom stereocenters. The number of nitrogens with one attached hydrogen (secondary N) is 1. The molecule has 3 nitrogen and oxygen atoms in total. The van der Waals surface area contributed by atoms with Crippen LogP contribution in [-0.4, -0.2) is 17.1 Å². The van der Waals surface area contributed by atoms with Crippen molar-refractivity contribution in [3.05, 3.63) is 55.6 Å². The summed E-state index contributed by atoms with van der Waals surface area (Å²) in [6.07, 6.45) is 0.455. The molecule has 2 rings (SSSR count). The van der Waals surface area contributed by atoms with Crippen LogP contribution in [-0.2, 0) is 17.8 Å². The fourth-order valence-electron chi connectivity index (χ4n) is 1.80. The molecule has 1 unspecified atom stereocenters. The minimum atomic E-state index is -0.851. The average Bonchev–Trinajstić information content (AvgIpc) is 2.74. The zero-order chi connectivity index (χ0) is 14.5. The maximum Gasteiger partial charge on any atom is 0.321 e. The summed E-state index contributed by atoms with van der Waals surface area (Å²) in [4.78, 5) is 12.3. The van der Waals surface area contributed by atoms with Gasteiger partial charge in [-0.15, -0.1) is 11.3 Å². The topological polar surface area (TPSA) is 49.3 Å². The lowest BCUT2D eigenvalue weighted by Crippen LogP contribution is -2.37. The van der Waals surface area contributed by atoms with Crippen molar-refractivity contribution in [2.75, 3.05) is 0 Å². The Morgan fingerprint density at radius 2 is 2.10 bits per heavy atom. The van der Waals surface area contributed by atoms with Gasteiger partial charge < -0.3 is 5.11 Å². The van der Waals surface area contributed by atoms with Crippen LogP contribution in [0.4, 0.5) is 0 Å². The van der Waals surface area contributed by atoms with Crippen LogP contribution in [0.2, 0.25) is 4.34 Å². The third-order valence-corrected chi connectivity index (χ3v) is 5.27. The summed E-state index contributed by atoms with van der Waals surface area (Å²) < 4.78 is 1.52. The molecule has 0 aliphatic rings. The van der Waals surface area contributed by atoms with Crippen LogP contribution in [0.1, 0.15) is 10.4 Å². The van der Waals surface area contributed by atoms with E-state index in [1.54, 1.807) is 0 Å². The normalized spacial score (nSPS) is 12.3. The molecule has 1 aromatic heterocycles. The molecule has 2 aromatic rings. The van der Waals surface area contributed by atoms with Crippen LogP contribution in [0.3, 0.4) is 0 Å². The molecule has 0 saturated carbocycles. The lowest BCUT2D eigenvalue weighted by Gasteiger charge is -2.13. The Labute approximate surface area is 134 Å². The molecule has 0 aliphatic heterocycles. The second-order valence-corrected chi connectivity index (χ2v) is 6.89. The first-order valence-electron chi connectivity index (χ1n) is 6.00. The summed E-state index contributed by atoms with van der Waals surface area (Å²) in [5, 5.41) is 12.3. The molecule has 20 heavy (non-hydrogen) atoms. The van der Waals surface area contributed by atoms with Crippen molar-refractivity contribution in [3.63, 3.8) is 0 Å². The fraction of sp³-hybridized carbons (Fsp3) is 0.214. The molecule has 106 valence electrons. The third-order valence-electron chi connectivity index (χ3n) is 2.80. The summed E-state index contributed by atoms with van der Waals surface area (Å²) in [5.41, 5.74) is 0.998. The highest BCUT2D eigenvalue weighted by molar-refractivity contribution is 9.10. The number of carboxylic acids is 1. The lowest BCUT2D eigenvalue weighted by atomic mass is 10.1. The van der Waals surface area contributed by atoms with E-state index in [1.807, 2.05) is 36.4 Å². The number of hydrogen-bond donors (Lipinski definition) is 2. The van der Waals surface area contributed by atoms with Crippen LogP contribution in [0, 0.1) is 0 Å². The molecule has 0 amide bonds. The van der Waals surface area contributed by atoms with E-state index >= 15 is 0 Å². The molecule has 0 bridgehead atoms. The minimum Gasteiger partial charge on any atom is -0.480 e. The van der Waals surface area contributed by atoms with E-state index in [0.717, 1.165) is 14.9 Å². The number of hydrogen-bond acceptors (Lipinski definition) is 3. The Morgan fingerprint density at radius 1 is 1.40 bits per heavy atom. The van der Waals surface area contributed by atoms with Crippen molar-refractivity contribution < 1.29 is 9.90 Å². The van der Waals surface area contributed by atoms with Crippen LogP contribution in [0.25, 0.3) is 0 Å². The molecule has 0 radical (unpaired) electrons. The molecular weight excluding hydrogens is 362 g/mol. The Bertz CT molecular complexity index is 569. The number of halogens is 2. The molecule has 0 aliphatic carbocycles. The predicted molar refractivity (Wildman–Crippen MR) is 85.4 cm³/mol. The van der Waals surface area contributed by atoms with Gasteiger partial charge in [0.25, 0.3) is 0 Å². The Morgan fingerprint density at radius 3 is 2.65 bits per heavy atom. The summed E-state index contributed by atoms with van der Waals surface area (Å²) >= 11 is 10.7. The predicted octanol–water partition coefficient (Wildman–Crippen LogP) is 3.95. The average molecular weight is 375 g/mol. The van der Waals surface area contributed by atoms with Crippen LogP contribution < -0.4 is 5.32 Å². The largest absolute Gasteiger partial charge is 0.480 e. The molecule has 1 heterocycles. The summed E-state index contributed by atoms with van der Waals surface area (Å²) in [6.45, 7) is 0.486. The first-order valence-corrected chi connectivity index (χ1v) is 7.99. The van der Waals surface area contributed by atoms with Gasteiger partial charge in [0.15, 0.2) is 0 Å². The van der Waals surface area contributed by atoms with Gasteiger partial charge in [-0.1, -0.05) is 41.9 Å². The van der Waals surface area contributed by atoms with Crippen molar-refractivity contribution in [3.8, 4) is 0 Å². The highest BCUT2D eigenvalue weighted by Crippen LogP contribution is 2.31. The lowest BCUT2D eigenvalue weighted by molar-refractivity contribution is -0.139. The molecule has 0 spiro atoms. The summed E-state index contributed by atoms with van der Waals surface area (Å²) in [6, 6.07) is 10.9. The Kier molecular flexibility index (Phi) is 5.60. The zero-order valence-corrected chi connectivity index (χ0v) is 13.6. The Hall–Kier alpha value is -0.880. The van der Waals surface area contributed by atoms with Crippen molar-refractivity contribution in [1.29, 1.82) is 0 Å². The number of rotatable bonds is 6. The highest BCUT2D eigenvalue weighted by Gasteiger charge is 2.17. The van der Waals surface area contributed by atoms with Crippen LogP contribution >= 0.6 is 38.9 Å². The quantitative estimate of drug-likeness (QED) is 0.805. The van der Waals surface area contributed by atoms with E-state index in [4.69, 9.17) is 11.6 Å². The molecular formula is C14H13BrClNO2S. The van der Waals surface area contributed by atoms with Gasteiger partial charge in [0.05, 0.1) is 0 Å². The highest BCUT2D eigenvalue weighted by atomic mass is 79.9. The number of aliphatic carboxylic acids is 1. The van der Waals surface area contributed by atoms with Crippen LogP contribution in [0.5, 0.6) is 0 Å². The Balaban J connectivity index is 1.97. The molecule has 0 saturated heterocycles. The van der Waals surface area contributed by atoms with Gasteiger partial charge in [-0.05, 0) is 34.0 Å². The standard InChI is InChI=1S/C14H13BrClNO2S/c15-11-7-10(20-13(11)16)8-17-12(14(18)19)6-9-4-2-1-3-5-9/h1-5,7,12,17H,6,8H2,(H,18,19). The SMILES string of the molecule is O=C(O)C(Cc1ccccc1)NCc1cc(Br)c(Cl)s1. The van der Waals surface area contributed by atoms with E-state index in [0.29, 0.717) is 17.3 Å². The van der Waals surface area contributed by atoms with E-state index in [2.05, 4.69) is 21.2 Å². The fourth-order valence-corrected chi connectivity index (χ4v) is 3.54. The smallest absolute Gasteiger partial charge is 0.321 e. The third kappa shape index (κ3) is 4.31. The second-order valence-electron chi connectivity index (χ2n) is 4.30. The minimum absolute atomic E-state index is 0.455. The molecule has 2 N–H and O–H groups in total. The number of benzene rings is 1. The van der Waals surface area contributed by atoms with E-state index in [-0.39, 0.29) is 0 Å². The second kappa shape index (κ2) is 7.22. The summed E-state index contributed by atoms with van der Waals surface area (Å²) in [7, 11) is 0. The van der Waals surface area contributed by atoms with E-state index in [9.17, 15) is 9.90 Å². The first-order chi connectivity index (χ1) is 9.56. The van der Waals surface area contributed by atoms with Gasteiger partial charge >= 0.3 is 5.97 Å². The maximum atomic E-state index is 11.3. The van der Waals surface area contributed by atoms with Crippen molar-refractivity contribution in [2.24, 2.45) is 0 Å². The first kappa shape index (κ1) is 15.5. The molecule has 6 heteroatoms. The molecule has 1 aromatic carbocycles. The molecule has 0 fully saturated rings. The van der Waals surface area contributed by atoms with E-state index in [1.165, 1.54) is 11.3 Å². The number of carboxylic acid groups (broad SMARTS) is 1. The van der Waals surface area contributed by atoms with Gasteiger partial charge in [0.2, 0.25) is 0 Å². The monoisotopic (exact) mass is 373 g/mol. The van der Waals surface area contributed by atoms with Gasteiger partial charge in [-0.25, -0.2) is 0 Å². The number of carbonyl (C=O) groups is 1. The van der Waals surface area contributed by atoms with Crippen molar-refractivity contribution in [1.82, 2.24) is 5.32 Å². The maximum absolute atomic E-state index is 11.3.